The smallest absolute Gasteiger partial charge is 0.257 e. The first kappa shape index (κ1) is 23.8. The second-order valence-corrected chi connectivity index (χ2v) is 8.26. The van der Waals surface area contributed by atoms with E-state index in [1.54, 1.807) is 10.6 Å². The number of pyridine rings is 1. The van der Waals surface area contributed by atoms with Crippen LogP contribution in [0.25, 0.3) is 10.9 Å². The Bertz CT molecular complexity index is 1270. The van der Waals surface area contributed by atoms with Gasteiger partial charge in [-0.2, -0.15) is 0 Å². The van der Waals surface area contributed by atoms with E-state index in [0.717, 1.165) is 25.0 Å². The Kier molecular flexibility index (Phi) is 7.21. The third-order valence-electron chi connectivity index (χ3n) is 5.95. The summed E-state index contributed by atoms with van der Waals surface area (Å²) in [5.74, 6) is -2.77. The van der Waals surface area contributed by atoms with Crippen LogP contribution in [-0.4, -0.2) is 36.8 Å². The molecule has 0 radical (unpaired) electrons. The van der Waals surface area contributed by atoms with Crippen LogP contribution in [0.2, 0.25) is 0 Å². The number of morpholine rings is 1. The number of carbonyl (C=O) groups is 1. The van der Waals surface area contributed by atoms with Gasteiger partial charge in [0.1, 0.15) is 23.0 Å². The summed E-state index contributed by atoms with van der Waals surface area (Å²) in [5, 5.41) is 2.61. The quantitative estimate of drug-likeness (QED) is 0.564. The van der Waals surface area contributed by atoms with Crippen LogP contribution in [0.1, 0.15) is 35.7 Å². The normalized spacial score (nSPS) is 13.9. The second-order valence-electron chi connectivity index (χ2n) is 8.26. The van der Waals surface area contributed by atoms with Gasteiger partial charge in [0.05, 0.1) is 24.4 Å². The highest BCUT2D eigenvalue weighted by Crippen LogP contribution is 2.26. The number of ether oxygens (including phenoxy) is 1. The average molecular weight is 473 g/mol. The van der Waals surface area contributed by atoms with Gasteiger partial charge in [-0.05, 0) is 24.6 Å². The van der Waals surface area contributed by atoms with E-state index in [1.807, 2.05) is 11.8 Å². The van der Waals surface area contributed by atoms with E-state index in [4.69, 9.17) is 4.74 Å². The van der Waals surface area contributed by atoms with E-state index in [9.17, 15) is 18.4 Å². The molecule has 2 aromatic carbocycles. The molecule has 1 fully saturated rings. The molecule has 1 amide bonds. The standard InChI is InChI=1S/C25H26F3N3O3/c1-2-3-6-31-15-19(25(33)29-14-16-4-5-17(26)11-20(16)27)24(32)18-12-21(28)23(13-22(18)31)30-7-9-34-10-8-30/h4-5,11-13,15H,2-3,6-10,14H2,1H3,(H,29,33). The minimum Gasteiger partial charge on any atom is -0.378 e. The van der Waals surface area contributed by atoms with E-state index >= 15 is 4.39 Å². The number of amides is 1. The fourth-order valence-electron chi connectivity index (χ4n) is 4.06. The highest BCUT2D eigenvalue weighted by Gasteiger charge is 2.21. The monoisotopic (exact) mass is 473 g/mol. The van der Waals surface area contributed by atoms with Crippen LogP contribution in [0.15, 0.2) is 41.3 Å². The van der Waals surface area contributed by atoms with Crippen LogP contribution in [0, 0.1) is 17.5 Å². The zero-order valence-electron chi connectivity index (χ0n) is 18.9. The van der Waals surface area contributed by atoms with Crippen LogP contribution >= 0.6 is 0 Å². The molecule has 1 aromatic heterocycles. The van der Waals surface area contributed by atoms with Crippen molar-refractivity contribution in [3.05, 3.63) is 75.3 Å². The molecule has 0 aliphatic carbocycles. The van der Waals surface area contributed by atoms with Gasteiger partial charge in [0.25, 0.3) is 5.91 Å². The summed E-state index contributed by atoms with van der Waals surface area (Å²) in [5.41, 5.74) is 0.256. The summed E-state index contributed by atoms with van der Waals surface area (Å²) in [6.45, 7) is 4.41. The molecule has 0 spiro atoms. The van der Waals surface area contributed by atoms with Crippen LogP contribution in [0.5, 0.6) is 0 Å². The summed E-state index contributed by atoms with van der Waals surface area (Å²) in [6, 6.07) is 5.88. The summed E-state index contributed by atoms with van der Waals surface area (Å²) >= 11 is 0. The zero-order valence-corrected chi connectivity index (χ0v) is 18.9. The Morgan fingerprint density at radius 1 is 1.09 bits per heavy atom. The number of benzene rings is 2. The number of hydrogen-bond acceptors (Lipinski definition) is 4. The first-order valence-corrected chi connectivity index (χ1v) is 11.3. The fourth-order valence-corrected chi connectivity index (χ4v) is 4.06. The first-order valence-electron chi connectivity index (χ1n) is 11.3. The number of unbranched alkanes of at least 4 members (excludes halogenated alkanes) is 1. The van der Waals surface area contributed by atoms with Gasteiger partial charge in [-0.15, -0.1) is 0 Å². The fraction of sp³-hybridized carbons (Fsp3) is 0.360. The summed E-state index contributed by atoms with van der Waals surface area (Å²) in [4.78, 5) is 27.9. The molecular formula is C25H26F3N3O3. The highest BCUT2D eigenvalue weighted by molar-refractivity contribution is 5.97. The Morgan fingerprint density at radius 3 is 2.56 bits per heavy atom. The topological polar surface area (TPSA) is 63.6 Å². The number of nitrogens with one attached hydrogen (secondary N) is 1. The van der Waals surface area contributed by atoms with E-state index < -0.39 is 28.8 Å². The minimum atomic E-state index is -0.795. The largest absolute Gasteiger partial charge is 0.378 e. The molecule has 6 nitrogen and oxygen atoms in total. The number of aryl methyl sites for hydroxylation is 1. The van der Waals surface area contributed by atoms with E-state index in [2.05, 4.69) is 5.32 Å². The van der Waals surface area contributed by atoms with Crippen molar-refractivity contribution in [2.24, 2.45) is 0 Å². The summed E-state index contributed by atoms with van der Waals surface area (Å²) in [6.07, 6.45) is 3.15. The third-order valence-corrected chi connectivity index (χ3v) is 5.95. The Balaban J connectivity index is 1.71. The van der Waals surface area contributed by atoms with Gasteiger partial charge in [0, 0.05) is 49.4 Å². The average Bonchev–Trinajstić information content (AvgIpc) is 2.83. The number of nitrogens with zero attached hydrogens (tertiary/aromatic N) is 2. The maximum absolute atomic E-state index is 15.0. The van der Waals surface area contributed by atoms with Crippen molar-refractivity contribution in [2.75, 3.05) is 31.2 Å². The molecule has 4 rings (SSSR count). The minimum absolute atomic E-state index is 0.0862. The lowest BCUT2D eigenvalue weighted by molar-refractivity contribution is 0.0949. The van der Waals surface area contributed by atoms with Gasteiger partial charge in [-0.3, -0.25) is 9.59 Å². The van der Waals surface area contributed by atoms with Gasteiger partial charge in [-0.25, -0.2) is 13.2 Å². The molecule has 3 aromatic rings. The number of aromatic nitrogens is 1. The number of hydrogen-bond donors (Lipinski definition) is 1. The first-order chi connectivity index (χ1) is 16.4. The predicted octanol–water partition coefficient (Wildman–Crippen LogP) is 3.99. The van der Waals surface area contributed by atoms with Crippen molar-refractivity contribution in [1.82, 2.24) is 9.88 Å². The molecule has 1 aliphatic rings. The Hall–Kier alpha value is -3.33. The molecule has 0 atom stereocenters. The van der Waals surface area contributed by atoms with Crippen molar-refractivity contribution >= 4 is 22.5 Å². The molecule has 9 heteroatoms. The van der Waals surface area contributed by atoms with E-state index in [-0.39, 0.29) is 23.1 Å². The number of rotatable bonds is 7. The summed E-state index contributed by atoms with van der Waals surface area (Å²) < 4.78 is 49.2. The Morgan fingerprint density at radius 2 is 1.85 bits per heavy atom. The third kappa shape index (κ3) is 4.94. The van der Waals surface area contributed by atoms with Crippen LogP contribution in [-0.2, 0) is 17.8 Å². The molecule has 0 saturated carbocycles. The van der Waals surface area contributed by atoms with Gasteiger partial charge in [0.15, 0.2) is 0 Å². The van der Waals surface area contributed by atoms with Crippen molar-refractivity contribution in [3.8, 4) is 0 Å². The maximum Gasteiger partial charge on any atom is 0.257 e. The van der Waals surface area contributed by atoms with Gasteiger partial charge in [0.2, 0.25) is 5.43 Å². The SMILES string of the molecule is CCCCn1cc(C(=O)NCc2ccc(F)cc2F)c(=O)c2cc(F)c(N3CCOCC3)cc21. The molecule has 2 heterocycles. The lowest BCUT2D eigenvalue weighted by Crippen LogP contribution is -2.37. The molecule has 1 saturated heterocycles. The molecule has 34 heavy (non-hydrogen) atoms. The van der Waals surface area contributed by atoms with Gasteiger partial charge >= 0.3 is 0 Å². The molecule has 0 bridgehead atoms. The van der Waals surface area contributed by atoms with Crippen molar-refractivity contribution in [1.29, 1.82) is 0 Å². The molecule has 1 N–H and O–H groups in total. The number of anilines is 1. The highest BCUT2D eigenvalue weighted by atomic mass is 19.1. The number of halogens is 3. The van der Waals surface area contributed by atoms with Crippen molar-refractivity contribution in [3.63, 3.8) is 0 Å². The lowest BCUT2D eigenvalue weighted by Gasteiger charge is -2.29. The molecule has 1 aliphatic heterocycles. The van der Waals surface area contributed by atoms with Crippen LogP contribution in [0.4, 0.5) is 18.9 Å². The number of fused-ring (bicyclic) bond motifs is 1. The molecule has 0 unspecified atom stereocenters. The molecule has 180 valence electrons. The van der Waals surface area contributed by atoms with Gasteiger partial charge < -0.3 is 19.5 Å². The second kappa shape index (κ2) is 10.3. The zero-order chi connectivity index (χ0) is 24.2. The molecular weight excluding hydrogens is 447 g/mol. The predicted molar refractivity (Wildman–Crippen MR) is 124 cm³/mol. The Labute approximate surface area is 194 Å². The van der Waals surface area contributed by atoms with Crippen LogP contribution in [0.3, 0.4) is 0 Å². The van der Waals surface area contributed by atoms with E-state index in [0.29, 0.717) is 44.1 Å². The van der Waals surface area contributed by atoms with E-state index in [1.165, 1.54) is 18.3 Å². The van der Waals surface area contributed by atoms with Crippen LogP contribution < -0.4 is 15.6 Å². The summed E-state index contributed by atoms with van der Waals surface area (Å²) in [7, 11) is 0. The number of carbonyl (C=O) groups excluding carboxylic acids is 1. The maximum atomic E-state index is 15.0. The van der Waals surface area contributed by atoms with Crippen molar-refractivity contribution in [2.45, 2.75) is 32.9 Å². The lowest BCUT2D eigenvalue weighted by atomic mass is 10.1. The van der Waals surface area contributed by atoms with Gasteiger partial charge in [-0.1, -0.05) is 19.4 Å². The van der Waals surface area contributed by atoms with Crippen molar-refractivity contribution < 1.29 is 22.7 Å².